The highest BCUT2D eigenvalue weighted by Crippen LogP contribution is 2.23. The van der Waals surface area contributed by atoms with Crippen molar-refractivity contribution in [2.24, 2.45) is 0 Å². The maximum absolute atomic E-state index is 12.8. The molecule has 3 aromatic rings. The van der Waals surface area contributed by atoms with Crippen LogP contribution in [0, 0.1) is 0 Å². The topological polar surface area (TPSA) is 65.5 Å². The Balaban J connectivity index is 1.28. The summed E-state index contributed by atoms with van der Waals surface area (Å²) in [5.74, 6) is 0.461. The molecule has 0 atom stereocenters. The summed E-state index contributed by atoms with van der Waals surface area (Å²) in [4.78, 5) is 33.6. The summed E-state index contributed by atoms with van der Waals surface area (Å²) < 4.78 is 0. The Morgan fingerprint density at radius 1 is 0.912 bits per heavy atom. The average Bonchev–Trinajstić information content (AvgIpc) is 2.85. The predicted molar refractivity (Wildman–Crippen MR) is 136 cm³/mol. The molecule has 0 bridgehead atoms. The van der Waals surface area contributed by atoms with E-state index >= 15 is 0 Å². The van der Waals surface area contributed by atoms with E-state index in [9.17, 15) is 9.59 Å². The van der Waals surface area contributed by atoms with Crippen LogP contribution in [0.1, 0.15) is 26.3 Å². The number of hydrogen-bond donors (Lipinski definition) is 1. The monoisotopic (exact) mass is 516 g/mol. The number of amides is 2. The van der Waals surface area contributed by atoms with Crippen molar-refractivity contribution in [1.29, 1.82) is 0 Å². The Bertz CT molecular complexity index is 1180. The lowest BCUT2D eigenvalue weighted by Gasteiger charge is -2.35. The number of pyridine rings is 1. The van der Waals surface area contributed by atoms with Crippen LogP contribution in [0.2, 0.25) is 15.1 Å². The number of nitrogens with zero attached hydrogens (tertiary/aromatic N) is 3. The zero-order chi connectivity index (χ0) is 24.1. The number of halogens is 3. The molecule has 4 rings (SSSR count). The van der Waals surface area contributed by atoms with E-state index in [0.717, 1.165) is 11.4 Å². The number of carbonyl (C=O) groups excluding carboxylic acids is 2. The summed E-state index contributed by atoms with van der Waals surface area (Å²) in [5.41, 5.74) is 1.97. The van der Waals surface area contributed by atoms with Crippen molar-refractivity contribution in [1.82, 2.24) is 15.2 Å². The van der Waals surface area contributed by atoms with Gasteiger partial charge in [0.05, 0.1) is 16.1 Å². The molecule has 2 heterocycles. The average molecular weight is 518 g/mol. The van der Waals surface area contributed by atoms with Gasteiger partial charge in [0.2, 0.25) is 0 Å². The summed E-state index contributed by atoms with van der Waals surface area (Å²) in [6.45, 7) is 2.84. The zero-order valence-corrected chi connectivity index (χ0v) is 20.6. The molecule has 1 aromatic heterocycles. The van der Waals surface area contributed by atoms with Crippen molar-refractivity contribution in [2.45, 2.75) is 6.42 Å². The molecule has 176 valence electrons. The minimum absolute atomic E-state index is 0.134. The van der Waals surface area contributed by atoms with Crippen molar-refractivity contribution in [3.8, 4) is 0 Å². The van der Waals surface area contributed by atoms with Crippen LogP contribution in [0.5, 0.6) is 0 Å². The summed E-state index contributed by atoms with van der Waals surface area (Å²) >= 11 is 18.2. The van der Waals surface area contributed by atoms with Crippen LogP contribution in [0.15, 0.2) is 60.8 Å². The largest absolute Gasteiger partial charge is 0.353 e. The van der Waals surface area contributed by atoms with E-state index < -0.39 is 0 Å². The van der Waals surface area contributed by atoms with Crippen LogP contribution in [0.4, 0.5) is 5.82 Å². The summed E-state index contributed by atoms with van der Waals surface area (Å²) in [7, 11) is 0. The molecule has 2 aromatic carbocycles. The third kappa shape index (κ3) is 6.00. The van der Waals surface area contributed by atoms with Gasteiger partial charge in [-0.05, 0) is 54.4 Å². The molecule has 0 unspecified atom stereocenters. The number of hydrogen-bond acceptors (Lipinski definition) is 4. The van der Waals surface area contributed by atoms with E-state index in [1.165, 1.54) is 0 Å². The lowest BCUT2D eigenvalue weighted by Crippen LogP contribution is -2.49. The second-order valence-corrected chi connectivity index (χ2v) is 9.22. The summed E-state index contributed by atoms with van der Waals surface area (Å²) in [5, 5.41) is 4.46. The fourth-order valence-corrected chi connectivity index (χ4v) is 4.38. The highest BCUT2D eigenvalue weighted by molar-refractivity contribution is 6.35. The molecule has 2 amide bonds. The Labute approximate surface area is 213 Å². The van der Waals surface area contributed by atoms with E-state index in [0.29, 0.717) is 65.3 Å². The fraction of sp³-hybridized carbons (Fsp3) is 0.240. The van der Waals surface area contributed by atoms with E-state index in [1.54, 1.807) is 35.4 Å². The van der Waals surface area contributed by atoms with Crippen LogP contribution in [-0.4, -0.2) is 54.4 Å². The number of benzene rings is 2. The lowest BCUT2D eigenvalue weighted by molar-refractivity contribution is 0.0746. The smallest absolute Gasteiger partial charge is 0.255 e. The SMILES string of the molecule is O=C(NCCc1cccc(Cl)c1)c1ccc(N2CCN(C(=O)c3cc(Cl)ccc3Cl)CC2)nc1. The van der Waals surface area contributed by atoms with E-state index in [4.69, 9.17) is 34.8 Å². The molecule has 0 spiro atoms. The van der Waals surface area contributed by atoms with Gasteiger partial charge in [0.25, 0.3) is 11.8 Å². The Morgan fingerprint density at radius 2 is 1.68 bits per heavy atom. The Hall–Kier alpha value is -2.80. The van der Waals surface area contributed by atoms with Crippen molar-refractivity contribution < 1.29 is 9.59 Å². The van der Waals surface area contributed by atoms with E-state index in [1.807, 2.05) is 30.3 Å². The molecule has 9 heteroatoms. The van der Waals surface area contributed by atoms with Gasteiger partial charge >= 0.3 is 0 Å². The standard InChI is InChI=1S/C25H23Cl3N4O2/c26-19-3-1-2-17(14-19)8-9-29-24(33)18-4-7-23(30-16-18)31-10-12-32(13-11-31)25(34)21-15-20(27)5-6-22(21)28/h1-7,14-16H,8-13H2,(H,29,33). The van der Waals surface area contributed by atoms with Crippen LogP contribution >= 0.6 is 34.8 Å². The first-order valence-electron chi connectivity index (χ1n) is 10.9. The molecule has 34 heavy (non-hydrogen) atoms. The normalized spacial score (nSPS) is 13.6. The summed E-state index contributed by atoms with van der Waals surface area (Å²) in [6, 6.07) is 16.1. The molecule has 1 N–H and O–H groups in total. The van der Waals surface area contributed by atoms with Crippen LogP contribution in [0.25, 0.3) is 0 Å². The highest BCUT2D eigenvalue weighted by atomic mass is 35.5. The molecule has 0 saturated carbocycles. The molecule has 1 saturated heterocycles. The second-order valence-electron chi connectivity index (χ2n) is 7.94. The number of piperazine rings is 1. The quantitative estimate of drug-likeness (QED) is 0.501. The van der Waals surface area contributed by atoms with E-state index in [2.05, 4.69) is 15.2 Å². The zero-order valence-electron chi connectivity index (χ0n) is 18.3. The number of rotatable bonds is 6. The van der Waals surface area contributed by atoms with Gasteiger partial charge in [0.1, 0.15) is 5.82 Å². The molecule has 6 nitrogen and oxygen atoms in total. The maximum Gasteiger partial charge on any atom is 0.255 e. The molecule has 0 radical (unpaired) electrons. The lowest BCUT2D eigenvalue weighted by atomic mass is 10.1. The number of nitrogens with one attached hydrogen (secondary N) is 1. The van der Waals surface area contributed by atoms with Gasteiger partial charge in [0, 0.05) is 49.0 Å². The molecule has 1 aliphatic rings. The molecular weight excluding hydrogens is 495 g/mol. The van der Waals surface area contributed by atoms with Gasteiger partial charge in [-0.15, -0.1) is 0 Å². The molecule has 1 fully saturated rings. The number of aromatic nitrogens is 1. The van der Waals surface area contributed by atoms with Gasteiger partial charge < -0.3 is 15.1 Å². The van der Waals surface area contributed by atoms with Gasteiger partial charge in [-0.25, -0.2) is 4.98 Å². The van der Waals surface area contributed by atoms with Crippen molar-refractivity contribution in [3.63, 3.8) is 0 Å². The molecule has 1 aliphatic heterocycles. The van der Waals surface area contributed by atoms with Crippen LogP contribution in [0.3, 0.4) is 0 Å². The summed E-state index contributed by atoms with van der Waals surface area (Å²) in [6.07, 6.45) is 2.27. The van der Waals surface area contributed by atoms with Gasteiger partial charge in [-0.1, -0.05) is 46.9 Å². The third-order valence-electron chi connectivity index (χ3n) is 5.65. The third-order valence-corrected chi connectivity index (χ3v) is 6.45. The predicted octanol–water partition coefficient (Wildman–Crippen LogP) is 4.98. The number of carbonyl (C=O) groups is 2. The van der Waals surface area contributed by atoms with Crippen LogP contribution < -0.4 is 10.2 Å². The minimum atomic E-state index is -0.171. The number of anilines is 1. The molecule has 0 aliphatic carbocycles. The van der Waals surface area contributed by atoms with Gasteiger partial charge in [-0.3, -0.25) is 9.59 Å². The van der Waals surface area contributed by atoms with Crippen LogP contribution in [-0.2, 0) is 6.42 Å². The minimum Gasteiger partial charge on any atom is -0.353 e. The van der Waals surface area contributed by atoms with Crippen molar-refractivity contribution in [2.75, 3.05) is 37.6 Å². The van der Waals surface area contributed by atoms with Crippen molar-refractivity contribution >= 4 is 52.4 Å². The fourth-order valence-electron chi connectivity index (χ4n) is 3.79. The highest BCUT2D eigenvalue weighted by Gasteiger charge is 2.24. The van der Waals surface area contributed by atoms with Gasteiger partial charge in [0.15, 0.2) is 0 Å². The first-order chi connectivity index (χ1) is 16.4. The molecular formula is C25H23Cl3N4O2. The maximum atomic E-state index is 12.8. The second kappa shape index (κ2) is 11.1. The van der Waals surface area contributed by atoms with E-state index in [-0.39, 0.29) is 11.8 Å². The van der Waals surface area contributed by atoms with Gasteiger partial charge in [-0.2, -0.15) is 0 Å². The Kier molecular flexibility index (Phi) is 7.93. The first kappa shape index (κ1) is 24.3. The Morgan fingerprint density at radius 3 is 2.38 bits per heavy atom. The van der Waals surface area contributed by atoms with Crippen molar-refractivity contribution in [3.05, 3.63) is 92.6 Å². The first-order valence-corrected chi connectivity index (χ1v) is 12.0.